The Morgan fingerprint density at radius 1 is 1.10 bits per heavy atom. The summed E-state index contributed by atoms with van der Waals surface area (Å²) in [6.45, 7) is 3.19. The standard InChI is InChI=1S/C21H23ClFN5O.HI/c1-14-13-18(23)8-5-15(14)9-11-25-21(24-2)26-12-10-19-27-20(28-29-19)16-3-6-17(22)7-4-16;/h3-8,13H,9-12H2,1-2H3,(H2,24,25,26);1H. The summed E-state index contributed by atoms with van der Waals surface area (Å²) in [5, 5.41) is 11.1. The number of aliphatic imine (C=N–C) groups is 1. The van der Waals surface area contributed by atoms with Gasteiger partial charge in [0.25, 0.3) is 0 Å². The number of hydrogen-bond donors (Lipinski definition) is 2. The number of aromatic nitrogens is 2. The summed E-state index contributed by atoms with van der Waals surface area (Å²) in [6.07, 6.45) is 1.35. The van der Waals surface area contributed by atoms with Crippen LogP contribution in [0.4, 0.5) is 4.39 Å². The van der Waals surface area contributed by atoms with Gasteiger partial charge in [-0.15, -0.1) is 24.0 Å². The minimum atomic E-state index is -0.211. The number of halogens is 3. The number of benzene rings is 2. The second kappa shape index (κ2) is 11.8. The van der Waals surface area contributed by atoms with Gasteiger partial charge in [0, 0.05) is 37.1 Å². The van der Waals surface area contributed by atoms with Crippen molar-refractivity contribution in [1.82, 2.24) is 20.8 Å². The molecule has 160 valence electrons. The summed E-state index contributed by atoms with van der Waals surface area (Å²) < 4.78 is 18.5. The highest BCUT2D eigenvalue weighted by Gasteiger charge is 2.09. The van der Waals surface area contributed by atoms with E-state index in [9.17, 15) is 4.39 Å². The summed E-state index contributed by atoms with van der Waals surface area (Å²) >= 11 is 5.90. The minimum Gasteiger partial charge on any atom is -0.356 e. The topological polar surface area (TPSA) is 75.3 Å². The number of rotatable bonds is 7. The Bertz CT molecular complexity index is 978. The van der Waals surface area contributed by atoms with Gasteiger partial charge in [0.05, 0.1) is 0 Å². The summed E-state index contributed by atoms with van der Waals surface area (Å²) in [6, 6.07) is 12.1. The van der Waals surface area contributed by atoms with Gasteiger partial charge < -0.3 is 15.2 Å². The van der Waals surface area contributed by atoms with Crippen molar-refractivity contribution in [2.45, 2.75) is 19.8 Å². The van der Waals surface area contributed by atoms with E-state index >= 15 is 0 Å². The quantitative estimate of drug-likeness (QED) is 0.262. The highest BCUT2D eigenvalue weighted by Crippen LogP contribution is 2.18. The van der Waals surface area contributed by atoms with E-state index in [-0.39, 0.29) is 29.8 Å². The summed E-state index contributed by atoms with van der Waals surface area (Å²) in [4.78, 5) is 8.60. The first-order valence-electron chi connectivity index (χ1n) is 9.33. The molecule has 3 rings (SSSR count). The largest absolute Gasteiger partial charge is 0.356 e. The molecule has 0 spiro atoms. The van der Waals surface area contributed by atoms with Crippen LogP contribution in [0, 0.1) is 12.7 Å². The van der Waals surface area contributed by atoms with Gasteiger partial charge in [-0.2, -0.15) is 4.98 Å². The first kappa shape index (κ1) is 24.1. The predicted octanol–water partition coefficient (Wildman–Crippen LogP) is 4.41. The third-order valence-corrected chi connectivity index (χ3v) is 4.67. The van der Waals surface area contributed by atoms with Gasteiger partial charge >= 0.3 is 0 Å². The molecular formula is C21H24ClFIN5O. The number of hydrogen-bond acceptors (Lipinski definition) is 4. The highest BCUT2D eigenvalue weighted by atomic mass is 127. The van der Waals surface area contributed by atoms with Crippen LogP contribution in [-0.2, 0) is 12.8 Å². The summed E-state index contributed by atoms with van der Waals surface area (Å²) in [5.41, 5.74) is 2.91. The summed E-state index contributed by atoms with van der Waals surface area (Å²) in [7, 11) is 1.71. The number of nitrogens with zero attached hydrogens (tertiary/aromatic N) is 3. The zero-order valence-electron chi connectivity index (χ0n) is 16.8. The molecule has 2 aromatic carbocycles. The van der Waals surface area contributed by atoms with Gasteiger partial charge in [0.15, 0.2) is 5.96 Å². The lowest BCUT2D eigenvalue weighted by atomic mass is 10.1. The fourth-order valence-electron chi connectivity index (χ4n) is 2.84. The molecule has 0 aliphatic rings. The van der Waals surface area contributed by atoms with Crippen molar-refractivity contribution in [3.8, 4) is 11.4 Å². The molecule has 0 aliphatic heterocycles. The molecule has 2 N–H and O–H groups in total. The summed E-state index contributed by atoms with van der Waals surface area (Å²) in [5.74, 6) is 1.55. The van der Waals surface area contributed by atoms with Crippen molar-refractivity contribution in [1.29, 1.82) is 0 Å². The average Bonchev–Trinajstić information content (AvgIpc) is 3.18. The van der Waals surface area contributed by atoms with Gasteiger partial charge in [-0.1, -0.05) is 22.8 Å². The van der Waals surface area contributed by atoms with Gasteiger partial charge in [0.2, 0.25) is 11.7 Å². The van der Waals surface area contributed by atoms with Crippen molar-refractivity contribution >= 4 is 41.5 Å². The SMILES string of the molecule is CN=C(NCCc1nc(-c2ccc(Cl)cc2)no1)NCCc1ccc(F)cc1C.I. The van der Waals surface area contributed by atoms with E-state index in [2.05, 4.69) is 25.8 Å². The Morgan fingerprint density at radius 3 is 2.47 bits per heavy atom. The first-order valence-corrected chi connectivity index (χ1v) is 9.71. The zero-order chi connectivity index (χ0) is 20.6. The van der Waals surface area contributed by atoms with Crippen LogP contribution in [-0.4, -0.2) is 36.2 Å². The maximum absolute atomic E-state index is 13.2. The Balaban J connectivity index is 0.00000320. The molecule has 0 unspecified atom stereocenters. The number of aryl methyl sites for hydroxylation is 1. The monoisotopic (exact) mass is 543 g/mol. The van der Waals surface area contributed by atoms with Crippen LogP contribution >= 0.6 is 35.6 Å². The molecule has 0 bridgehead atoms. The zero-order valence-corrected chi connectivity index (χ0v) is 19.9. The van der Waals surface area contributed by atoms with Crippen LogP contribution in [0.25, 0.3) is 11.4 Å². The maximum atomic E-state index is 13.2. The van der Waals surface area contributed by atoms with E-state index < -0.39 is 0 Å². The van der Waals surface area contributed by atoms with Crippen LogP contribution in [0.15, 0.2) is 52.0 Å². The molecule has 3 aromatic rings. The van der Waals surface area contributed by atoms with Crippen molar-refractivity contribution in [3.05, 3.63) is 70.3 Å². The number of nitrogens with one attached hydrogen (secondary N) is 2. The molecule has 1 heterocycles. The van der Waals surface area contributed by atoms with Gasteiger partial charge in [0.1, 0.15) is 5.82 Å². The van der Waals surface area contributed by atoms with E-state index in [1.807, 2.05) is 25.1 Å². The molecular weight excluding hydrogens is 520 g/mol. The first-order chi connectivity index (χ1) is 14.0. The molecule has 0 aliphatic carbocycles. The second-order valence-corrected chi connectivity index (χ2v) is 6.95. The van der Waals surface area contributed by atoms with Crippen LogP contribution in [0.1, 0.15) is 17.0 Å². The van der Waals surface area contributed by atoms with E-state index in [1.54, 1.807) is 25.2 Å². The van der Waals surface area contributed by atoms with Crippen LogP contribution < -0.4 is 10.6 Å². The van der Waals surface area contributed by atoms with Crippen LogP contribution in [0.3, 0.4) is 0 Å². The fraction of sp³-hybridized carbons (Fsp3) is 0.286. The molecule has 0 atom stereocenters. The van der Waals surface area contributed by atoms with Crippen molar-refractivity contribution in [2.24, 2.45) is 4.99 Å². The van der Waals surface area contributed by atoms with Gasteiger partial charge in [-0.25, -0.2) is 4.39 Å². The van der Waals surface area contributed by atoms with Crippen molar-refractivity contribution in [3.63, 3.8) is 0 Å². The van der Waals surface area contributed by atoms with Crippen molar-refractivity contribution in [2.75, 3.05) is 20.1 Å². The molecule has 6 nitrogen and oxygen atoms in total. The fourth-order valence-corrected chi connectivity index (χ4v) is 2.96. The Kier molecular flexibility index (Phi) is 9.51. The highest BCUT2D eigenvalue weighted by molar-refractivity contribution is 14.0. The second-order valence-electron chi connectivity index (χ2n) is 6.52. The Morgan fingerprint density at radius 2 is 1.80 bits per heavy atom. The molecule has 9 heteroatoms. The maximum Gasteiger partial charge on any atom is 0.228 e. The molecule has 0 amide bonds. The lowest BCUT2D eigenvalue weighted by Gasteiger charge is -2.12. The van der Waals surface area contributed by atoms with E-state index in [0.717, 1.165) is 23.1 Å². The molecule has 1 aromatic heterocycles. The third-order valence-electron chi connectivity index (χ3n) is 4.42. The van der Waals surface area contributed by atoms with Crippen LogP contribution in [0.2, 0.25) is 5.02 Å². The Hall–Kier alpha value is -2.20. The molecule has 0 fully saturated rings. The van der Waals surface area contributed by atoms with E-state index in [0.29, 0.717) is 42.2 Å². The number of guanidine groups is 1. The van der Waals surface area contributed by atoms with Gasteiger partial charge in [-0.05, 0) is 60.9 Å². The minimum absolute atomic E-state index is 0. The molecule has 0 saturated heterocycles. The molecule has 30 heavy (non-hydrogen) atoms. The third kappa shape index (κ3) is 6.94. The van der Waals surface area contributed by atoms with E-state index in [4.69, 9.17) is 16.1 Å². The molecule has 0 radical (unpaired) electrons. The predicted molar refractivity (Wildman–Crippen MR) is 128 cm³/mol. The lowest BCUT2D eigenvalue weighted by molar-refractivity contribution is 0.378. The van der Waals surface area contributed by atoms with Gasteiger partial charge in [-0.3, -0.25) is 4.99 Å². The average molecular weight is 544 g/mol. The Labute approximate surface area is 197 Å². The van der Waals surface area contributed by atoms with E-state index in [1.165, 1.54) is 6.07 Å². The molecule has 0 saturated carbocycles. The normalized spacial score (nSPS) is 11.1. The van der Waals surface area contributed by atoms with Crippen molar-refractivity contribution < 1.29 is 8.91 Å². The van der Waals surface area contributed by atoms with Crippen LogP contribution in [0.5, 0.6) is 0 Å². The lowest BCUT2D eigenvalue weighted by Crippen LogP contribution is -2.39. The smallest absolute Gasteiger partial charge is 0.228 e.